The van der Waals surface area contributed by atoms with Crippen LogP contribution >= 0.6 is 11.8 Å². The molecule has 0 aromatic heterocycles. The standard InChI is InChI=1S/C19H30N2O3S/c1-14-8-9-15(25-7)12-16(14)18(23)21(11-10-20(5)6)13-17(22)24-19(2,3)4/h8-9,12H,10-11,13H2,1-7H3. The lowest BCUT2D eigenvalue weighted by molar-refractivity contribution is -0.155. The normalized spacial score (nSPS) is 11.5. The molecule has 0 aliphatic rings. The second kappa shape index (κ2) is 9.25. The van der Waals surface area contributed by atoms with Crippen molar-refractivity contribution >= 4 is 23.6 Å². The highest BCUT2D eigenvalue weighted by atomic mass is 32.2. The molecule has 6 heteroatoms. The van der Waals surface area contributed by atoms with Gasteiger partial charge in [0.15, 0.2) is 0 Å². The third-order valence-electron chi connectivity index (χ3n) is 3.52. The number of nitrogens with zero attached hydrogens (tertiary/aromatic N) is 2. The van der Waals surface area contributed by atoms with Gasteiger partial charge in [0.1, 0.15) is 12.1 Å². The first-order valence-corrected chi connectivity index (χ1v) is 9.56. The Morgan fingerprint density at radius 3 is 2.32 bits per heavy atom. The van der Waals surface area contributed by atoms with Gasteiger partial charge in [-0.25, -0.2) is 0 Å². The minimum absolute atomic E-state index is 0.0487. The van der Waals surface area contributed by atoms with Crippen molar-refractivity contribution in [3.8, 4) is 0 Å². The Labute approximate surface area is 155 Å². The molecule has 0 radical (unpaired) electrons. The van der Waals surface area contributed by atoms with Crippen molar-refractivity contribution < 1.29 is 14.3 Å². The molecule has 25 heavy (non-hydrogen) atoms. The Hall–Kier alpha value is -1.53. The van der Waals surface area contributed by atoms with E-state index in [4.69, 9.17) is 4.74 Å². The van der Waals surface area contributed by atoms with Crippen molar-refractivity contribution in [2.24, 2.45) is 0 Å². The fourth-order valence-corrected chi connectivity index (χ4v) is 2.67. The summed E-state index contributed by atoms with van der Waals surface area (Å²) in [5, 5.41) is 0. The quantitative estimate of drug-likeness (QED) is 0.548. The van der Waals surface area contributed by atoms with Crippen LogP contribution in [0, 0.1) is 6.92 Å². The summed E-state index contributed by atoms with van der Waals surface area (Å²) in [5.41, 5.74) is 0.971. The zero-order valence-electron chi connectivity index (χ0n) is 16.4. The van der Waals surface area contributed by atoms with Crippen LogP contribution in [-0.2, 0) is 9.53 Å². The van der Waals surface area contributed by atoms with Crippen molar-refractivity contribution in [1.29, 1.82) is 0 Å². The van der Waals surface area contributed by atoms with E-state index in [2.05, 4.69) is 0 Å². The van der Waals surface area contributed by atoms with E-state index in [0.29, 0.717) is 18.7 Å². The number of carbonyl (C=O) groups excluding carboxylic acids is 2. The summed E-state index contributed by atoms with van der Waals surface area (Å²) in [6.07, 6.45) is 1.98. The first kappa shape index (κ1) is 21.5. The number of hydrogen-bond acceptors (Lipinski definition) is 5. The molecule has 0 saturated heterocycles. The van der Waals surface area contributed by atoms with Crippen LogP contribution in [0.25, 0.3) is 0 Å². The number of rotatable bonds is 7. The van der Waals surface area contributed by atoms with Gasteiger partial charge in [0.2, 0.25) is 0 Å². The number of esters is 1. The molecule has 0 saturated carbocycles. The zero-order chi connectivity index (χ0) is 19.2. The van der Waals surface area contributed by atoms with E-state index in [-0.39, 0.29) is 12.5 Å². The van der Waals surface area contributed by atoms with E-state index in [9.17, 15) is 9.59 Å². The molecule has 0 fully saturated rings. The fraction of sp³-hybridized carbons (Fsp3) is 0.579. The molecular formula is C19H30N2O3S. The molecule has 1 amide bonds. The van der Waals surface area contributed by atoms with Crippen molar-refractivity contribution in [1.82, 2.24) is 9.80 Å². The molecule has 0 N–H and O–H groups in total. The molecule has 1 aromatic carbocycles. The van der Waals surface area contributed by atoms with Gasteiger partial charge < -0.3 is 14.5 Å². The first-order chi connectivity index (χ1) is 11.5. The van der Waals surface area contributed by atoms with Crippen LogP contribution in [0.2, 0.25) is 0 Å². The predicted octanol–water partition coefficient (Wildman–Crippen LogP) is 3.06. The monoisotopic (exact) mass is 366 g/mol. The molecular weight excluding hydrogens is 336 g/mol. The Morgan fingerprint density at radius 2 is 1.80 bits per heavy atom. The third-order valence-corrected chi connectivity index (χ3v) is 4.24. The van der Waals surface area contributed by atoms with Gasteiger partial charge in [-0.3, -0.25) is 9.59 Å². The number of likely N-dealkylation sites (N-methyl/N-ethyl adjacent to an activating group) is 1. The lowest BCUT2D eigenvalue weighted by Gasteiger charge is -2.27. The largest absolute Gasteiger partial charge is 0.459 e. The highest BCUT2D eigenvalue weighted by Gasteiger charge is 2.24. The van der Waals surface area contributed by atoms with Gasteiger partial charge in [0.05, 0.1) is 0 Å². The summed E-state index contributed by atoms with van der Waals surface area (Å²) in [7, 11) is 3.88. The van der Waals surface area contributed by atoms with Crippen LogP contribution < -0.4 is 0 Å². The molecule has 0 bridgehead atoms. The molecule has 0 spiro atoms. The number of amides is 1. The second-order valence-corrected chi connectivity index (χ2v) is 8.18. The maximum atomic E-state index is 13.0. The van der Waals surface area contributed by atoms with Gasteiger partial charge in [0, 0.05) is 23.5 Å². The van der Waals surface area contributed by atoms with E-state index in [1.54, 1.807) is 16.7 Å². The average molecular weight is 367 g/mol. The van der Waals surface area contributed by atoms with E-state index in [1.807, 2.05) is 71.1 Å². The smallest absolute Gasteiger partial charge is 0.326 e. The summed E-state index contributed by atoms with van der Waals surface area (Å²) in [4.78, 5) is 29.8. The number of benzene rings is 1. The topological polar surface area (TPSA) is 49.9 Å². The van der Waals surface area contributed by atoms with E-state index >= 15 is 0 Å². The third kappa shape index (κ3) is 7.48. The van der Waals surface area contributed by atoms with Gasteiger partial charge in [-0.1, -0.05) is 6.07 Å². The molecule has 1 rings (SSSR count). The molecule has 0 aliphatic heterocycles. The summed E-state index contributed by atoms with van der Waals surface area (Å²) >= 11 is 1.59. The minimum atomic E-state index is -0.567. The molecule has 5 nitrogen and oxygen atoms in total. The number of carbonyl (C=O) groups is 2. The Kier molecular flexibility index (Phi) is 7.96. The van der Waals surface area contributed by atoms with Crippen molar-refractivity contribution in [2.45, 2.75) is 38.2 Å². The summed E-state index contributed by atoms with van der Waals surface area (Å²) < 4.78 is 5.39. The lowest BCUT2D eigenvalue weighted by Crippen LogP contribution is -2.42. The lowest BCUT2D eigenvalue weighted by atomic mass is 10.1. The molecule has 0 atom stereocenters. The number of ether oxygens (including phenoxy) is 1. The molecule has 0 aliphatic carbocycles. The van der Waals surface area contributed by atoms with Gasteiger partial charge in [-0.15, -0.1) is 11.8 Å². The number of hydrogen-bond donors (Lipinski definition) is 0. The van der Waals surface area contributed by atoms with Gasteiger partial charge in [-0.2, -0.15) is 0 Å². The van der Waals surface area contributed by atoms with Crippen LogP contribution in [0.4, 0.5) is 0 Å². The van der Waals surface area contributed by atoms with Gasteiger partial charge in [0.25, 0.3) is 5.91 Å². The van der Waals surface area contributed by atoms with Crippen LogP contribution in [0.1, 0.15) is 36.7 Å². The van der Waals surface area contributed by atoms with Crippen LogP contribution in [0.5, 0.6) is 0 Å². The summed E-state index contributed by atoms with van der Waals surface area (Å²) in [6, 6.07) is 5.82. The Bertz CT molecular complexity index is 609. The summed E-state index contributed by atoms with van der Waals surface area (Å²) in [6.45, 7) is 8.47. The Balaban J connectivity index is 3.02. The van der Waals surface area contributed by atoms with E-state index < -0.39 is 11.6 Å². The maximum Gasteiger partial charge on any atom is 0.326 e. The Morgan fingerprint density at radius 1 is 1.16 bits per heavy atom. The van der Waals surface area contributed by atoms with Gasteiger partial charge in [-0.05, 0) is 65.7 Å². The van der Waals surface area contributed by atoms with Crippen molar-refractivity contribution in [3.05, 3.63) is 29.3 Å². The molecule has 1 aromatic rings. The maximum absolute atomic E-state index is 13.0. The SMILES string of the molecule is CSc1ccc(C)c(C(=O)N(CCN(C)C)CC(=O)OC(C)(C)C)c1. The highest BCUT2D eigenvalue weighted by molar-refractivity contribution is 7.98. The fourth-order valence-electron chi connectivity index (χ4n) is 2.23. The molecule has 140 valence electrons. The van der Waals surface area contributed by atoms with Crippen LogP contribution in [0.15, 0.2) is 23.1 Å². The van der Waals surface area contributed by atoms with Crippen molar-refractivity contribution in [3.63, 3.8) is 0 Å². The highest BCUT2D eigenvalue weighted by Crippen LogP contribution is 2.20. The van der Waals surface area contributed by atoms with E-state index in [1.165, 1.54) is 0 Å². The first-order valence-electron chi connectivity index (χ1n) is 8.34. The minimum Gasteiger partial charge on any atom is -0.459 e. The van der Waals surface area contributed by atoms with E-state index in [0.717, 1.165) is 10.5 Å². The molecule has 0 unspecified atom stereocenters. The van der Waals surface area contributed by atoms with Gasteiger partial charge >= 0.3 is 5.97 Å². The molecule has 0 heterocycles. The predicted molar refractivity (Wildman–Crippen MR) is 103 cm³/mol. The average Bonchev–Trinajstić information content (AvgIpc) is 2.49. The number of aryl methyl sites for hydroxylation is 1. The van der Waals surface area contributed by atoms with Crippen molar-refractivity contribution in [2.75, 3.05) is 40.0 Å². The second-order valence-electron chi connectivity index (χ2n) is 7.30. The van der Waals surface area contributed by atoms with Crippen LogP contribution in [0.3, 0.4) is 0 Å². The zero-order valence-corrected chi connectivity index (χ0v) is 17.2. The summed E-state index contributed by atoms with van der Waals surface area (Å²) in [5.74, 6) is -0.528. The van der Waals surface area contributed by atoms with Crippen LogP contribution in [-0.4, -0.2) is 67.3 Å². The number of thioether (sulfide) groups is 1.